The van der Waals surface area contributed by atoms with Gasteiger partial charge < -0.3 is 0 Å². The van der Waals surface area contributed by atoms with Crippen LogP contribution in [-0.4, -0.2) is 9.38 Å². The second kappa shape index (κ2) is 2.82. The quantitative estimate of drug-likeness (QED) is 0.596. The van der Waals surface area contributed by atoms with E-state index in [1.807, 2.05) is 24.5 Å². The number of rotatable bonds is 0. The first kappa shape index (κ1) is 8.00. The number of aromatic nitrogens is 2. The van der Waals surface area contributed by atoms with Gasteiger partial charge in [0.1, 0.15) is 5.65 Å². The van der Waals surface area contributed by atoms with Gasteiger partial charge in [-0.2, -0.15) is 0 Å². The predicted octanol–water partition coefficient (Wildman–Crippen LogP) is 3.25. The van der Waals surface area contributed by atoms with Crippen LogP contribution in [0.5, 0.6) is 0 Å². The zero-order valence-electron chi connectivity index (χ0n) is 7.31. The molecule has 0 aliphatic heterocycles. The monoisotopic (exact) mass is 246 g/mol. The highest BCUT2D eigenvalue weighted by Crippen LogP contribution is 2.20. The minimum Gasteiger partial charge on any atom is -0.300 e. The predicted molar refractivity (Wildman–Crippen MR) is 60.4 cm³/mol. The molecular weight excluding hydrogens is 240 g/mol. The second-order valence-electron chi connectivity index (χ2n) is 3.19. The van der Waals surface area contributed by atoms with Gasteiger partial charge in [0.25, 0.3) is 0 Å². The third-order valence-electron chi connectivity index (χ3n) is 2.33. The molecule has 0 amide bonds. The van der Waals surface area contributed by atoms with Crippen molar-refractivity contribution < 1.29 is 0 Å². The summed E-state index contributed by atoms with van der Waals surface area (Å²) in [6.07, 6.45) is 3.79. The zero-order chi connectivity index (χ0) is 9.54. The normalized spacial score (nSPS) is 11.2. The molecular formula is C11H7BrN2. The van der Waals surface area contributed by atoms with Crippen molar-refractivity contribution in [1.29, 1.82) is 0 Å². The van der Waals surface area contributed by atoms with Gasteiger partial charge in [-0.15, -0.1) is 0 Å². The first-order valence-electron chi connectivity index (χ1n) is 4.36. The molecule has 3 heteroatoms. The van der Waals surface area contributed by atoms with E-state index in [1.54, 1.807) is 0 Å². The molecule has 2 nitrogen and oxygen atoms in total. The van der Waals surface area contributed by atoms with Gasteiger partial charge >= 0.3 is 0 Å². The summed E-state index contributed by atoms with van der Waals surface area (Å²) < 4.78 is 3.17. The molecule has 0 bridgehead atoms. The van der Waals surface area contributed by atoms with Crippen molar-refractivity contribution >= 4 is 32.5 Å². The van der Waals surface area contributed by atoms with Crippen LogP contribution < -0.4 is 0 Å². The Hall–Kier alpha value is -1.35. The first-order valence-corrected chi connectivity index (χ1v) is 5.15. The number of halogens is 1. The maximum Gasteiger partial charge on any atom is 0.137 e. The highest BCUT2D eigenvalue weighted by molar-refractivity contribution is 9.10. The fourth-order valence-corrected chi connectivity index (χ4v) is 2.02. The van der Waals surface area contributed by atoms with Crippen LogP contribution >= 0.6 is 15.9 Å². The summed E-state index contributed by atoms with van der Waals surface area (Å²) in [7, 11) is 0. The molecule has 0 N–H and O–H groups in total. The molecule has 2 aromatic heterocycles. The van der Waals surface area contributed by atoms with Crippen molar-refractivity contribution in [3.05, 3.63) is 47.2 Å². The molecule has 0 fully saturated rings. The van der Waals surface area contributed by atoms with Crippen molar-refractivity contribution in [1.82, 2.24) is 9.38 Å². The van der Waals surface area contributed by atoms with Gasteiger partial charge in [0.15, 0.2) is 0 Å². The summed E-state index contributed by atoms with van der Waals surface area (Å²) in [6.45, 7) is 0. The molecule has 68 valence electrons. The molecule has 0 saturated heterocycles. The molecule has 0 unspecified atom stereocenters. The van der Waals surface area contributed by atoms with Crippen molar-refractivity contribution in [3.63, 3.8) is 0 Å². The Morgan fingerprint density at radius 2 is 2.00 bits per heavy atom. The van der Waals surface area contributed by atoms with Crippen molar-refractivity contribution in [2.75, 3.05) is 0 Å². The van der Waals surface area contributed by atoms with Gasteiger partial charge in [0, 0.05) is 16.9 Å². The summed E-state index contributed by atoms with van der Waals surface area (Å²) >= 11 is 3.47. The maximum atomic E-state index is 4.25. The largest absolute Gasteiger partial charge is 0.300 e. The zero-order valence-corrected chi connectivity index (χ0v) is 8.90. The lowest BCUT2D eigenvalue weighted by Gasteiger charge is -2.01. The van der Waals surface area contributed by atoms with E-state index in [2.05, 4.69) is 43.5 Å². The van der Waals surface area contributed by atoms with Crippen LogP contribution in [-0.2, 0) is 0 Å². The van der Waals surface area contributed by atoms with E-state index >= 15 is 0 Å². The topological polar surface area (TPSA) is 17.3 Å². The standard InChI is InChI=1S/C11H7BrN2/c12-9-3-1-8-2-4-11-13-5-6-14(11)10(8)7-9/h1-7H. The summed E-state index contributed by atoms with van der Waals surface area (Å²) in [4.78, 5) is 4.25. The minimum absolute atomic E-state index is 0.982. The Morgan fingerprint density at radius 3 is 2.93 bits per heavy atom. The van der Waals surface area contributed by atoms with Gasteiger partial charge in [0.2, 0.25) is 0 Å². The molecule has 0 aliphatic rings. The Labute approximate surface area is 89.3 Å². The SMILES string of the molecule is Brc1ccc2ccc3nccn3c2c1. The number of nitrogens with zero attached hydrogens (tertiary/aromatic N) is 2. The van der Waals surface area contributed by atoms with E-state index in [0.29, 0.717) is 0 Å². The number of hydrogen-bond donors (Lipinski definition) is 0. The molecule has 0 spiro atoms. The third-order valence-corrected chi connectivity index (χ3v) is 2.83. The number of hydrogen-bond acceptors (Lipinski definition) is 1. The van der Waals surface area contributed by atoms with Crippen LogP contribution in [0.2, 0.25) is 0 Å². The van der Waals surface area contributed by atoms with Crippen molar-refractivity contribution in [2.45, 2.75) is 0 Å². The van der Waals surface area contributed by atoms with E-state index in [4.69, 9.17) is 0 Å². The minimum atomic E-state index is 0.982. The third kappa shape index (κ3) is 1.06. The van der Waals surface area contributed by atoms with Crippen molar-refractivity contribution in [3.8, 4) is 0 Å². The number of benzene rings is 1. The smallest absolute Gasteiger partial charge is 0.137 e. The number of imidazole rings is 1. The average molecular weight is 247 g/mol. The highest BCUT2D eigenvalue weighted by Gasteiger charge is 1.99. The molecule has 0 aliphatic carbocycles. The summed E-state index contributed by atoms with van der Waals surface area (Å²) in [5.74, 6) is 0. The fourth-order valence-electron chi connectivity index (χ4n) is 1.67. The number of fused-ring (bicyclic) bond motifs is 3. The molecule has 0 saturated carbocycles. The Kier molecular flexibility index (Phi) is 1.61. The first-order chi connectivity index (χ1) is 6.84. The molecule has 0 radical (unpaired) electrons. The second-order valence-corrected chi connectivity index (χ2v) is 4.11. The van der Waals surface area contributed by atoms with Crippen LogP contribution in [0.25, 0.3) is 16.6 Å². The average Bonchev–Trinajstić information content (AvgIpc) is 2.65. The van der Waals surface area contributed by atoms with Crippen LogP contribution in [0.15, 0.2) is 47.2 Å². The molecule has 14 heavy (non-hydrogen) atoms. The lowest BCUT2D eigenvalue weighted by molar-refractivity contribution is 1.25. The Balaban J connectivity index is 2.60. The van der Waals surface area contributed by atoms with Gasteiger partial charge in [-0.05, 0) is 29.7 Å². The fraction of sp³-hybridized carbons (Fsp3) is 0. The van der Waals surface area contributed by atoms with Gasteiger partial charge in [0.05, 0.1) is 5.52 Å². The highest BCUT2D eigenvalue weighted by atomic mass is 79.9. The maximum absolute atomic E-state index is 4.25. The summed E-state index contributed by atoms with van der Waals surface area (Å²) in [5, 5.41) is 1.22. The van der Waals surface area contributed by atoms with Crippen LogP contribution in [0.4, 0.5) is 0 Å². The van der Waals surface area contributed by atoms with Crippen LogP contribution in [0, 0.1) is 0 Å². The lowest BCUT2D eigenvalue weighted by Crippen LogP contribution is -1.86. The molecule has 2 heterocycles. The van der Waals surface area contributed by atoms with E-state index in [9.17, 15) is 0 Å². The molecule has 3 aromatic rings. The molecule has 0 atom stereocenters. The van der Waals surface area contributed by atoms with Crippen molar-refractivity contribution in [2.24, 2.45) is 0 Å². The van der Waals surface area contributed by atoms with Gasteiger partial charge in [-0.25, -0.2) is 4.98 Å². The molecule has 1 aromatic carbocycles. The molecule has 3 rings (SSSR count). The van der Waals surface area contributed by atoms with E-state index < -0.39 is 0 Å². The Morgan fingerprint density at radius 1 is 1.14 bits per heavy atom. The van der Waals surface area contributed by atoms with E-state index in [-0.39, 0.29) is 0 Å². The Bertz CT molecular complexity index is 613. The van der Waals surface area contributed by atoms with Crippen LogP contribution in [0.3, 0.4) is 0 Å². The summed E-state index contributed by atoms with van der Waals surface area (Å²) in [6, 6.07) is 10.4. The van der Waals surface area contributed by atoms with Crippen LogP contribution in [0.1, 0.15) is 0 Å². The summed E-state index contributed by atoms with van der Waals surface area (Å²) in [5.41, 5.74) is 2.16. The van der Waals surface area contributed by atoms with E-state index in [1.165, 1.54) is 10.9 Å². The lowest BCUT2D eigenvalue weighted by atomic mass is 10.2. The van der Waals surface area contributed by atoms with Gasteiger partial charge in [-0.3, -0.25) is 4.40 Å². The van der Waals surface area contributed by atoms with Gasteiger partial charge in [-0.1, -0.05) is 22.0 Å². The number of pyridine rings is 1. The van der Waals surface area contributed by atoms with E-state index in [0.717, 1.165) is 10.1 Å².